The van der Waals surface area contributed by atoms with Crippen molar-refractivity contribution in [2.45, 2.75) is 73.6 Å². The van der Waals surface area contributed by atoms with E-state index in [-0.39, 0.29) is 6.42 Å². The van der Waals surface area contributed by atoms with Crippen LogP contribution in [0, 0.1) is 11.3 Å². The highest BCUT2D eigenvalue weighted by molar-refractivity contribution is 5.25. The monoisotopic (exact) mass is 455 g/mol. The summed E-state index contributed by atoms with van der Waals surface area (Å²) in [5.41, 5.74) is 0.709. The van der Waals surface area contributed by atoms with Crippen LogP contribution in [0.3, 0.4) is 0 Å². The Morgan fingerprint density at radius 3 is 2.03 bits per heavy atom. The first-order valence-corrected chi connectivity index (χ1v) is 10.3. The van der Waals surface area contributed by atoms with E-state index in [1.807, 2.05) is 0 Å². The van der Waals surface area contributed by atoms with Gasteiger partial charge in [0.2, 0.25) is 0 Å². The highest BCUT2D eigenvalue weighted by Gasteiger charge is 2.47. The SMILES string of the molecule is N#C[C@H](C[C@H]1O[C@@H](CO[C@H]2O[C@@H](CO)[C@@H](O)[C@@H](O)[C@H]2O)[C@@H](O)[C@@H](O)[C@@H]1O)c1ccccc1. The molecule has 2 saturated heterocycles. The fourth-order valence-corrected chi connectivity index (χ4v) is 3.94. The minimum Gasteiger partial charge on any atom is -0.394 e. The molecule has 0 unspecified atom stereocenters. The Labute approximate surface area is 184 Å². The zero-order chi connectivity index (χ0) is 23.4. The molecule has 0 saturated carbocycles. The maximum Gasteiger partial charge on any atom is 0.186 e. The summed E-state index contributed by atoms with van der Waals surface area (Å²) in [7, 11) is 0. The lowest BCUT2D eigenvalue weighted by Gasteiger charge is -2.43. The van der Waals surface area contributed by atoms with E-state index in [1.54, 1.807) is 30.3 Å². The molecule has 11 nitrogen and oxygen atoms in total. The molecule has 0 aliphatic carbocycles. The van der Waals surface area contributed by atoms with Crippen molar-refractivity contribution in [1.82, 2.24) is 0 Å². The van der Waals surface area contributed by atoms with Crippen molar-refractivity contribution in [3.63, 3.8) is 0 Å². The third-order valence-electron chi connectivity index (χ3n) is 5.91. The molecular weight excluding hydrogens is 426 g/mol. The fraction of sp³-hybridized carbons (Fsp3) is 0.667. The van der Waals surface area contributed by atoms with E-state index in [4.69, 9.17) is 14.2 Å². The van der Waals surface area contributed by atoms with E-state index in [9.17, 15) is 41.0 Å². The molecule has 7 N–H and O–H groups in total. The molecule has 0 amide bonds. The van der Waals surface area contributed by atoms with Crippen molar-refractivity contribution in [2.24, 2.45) is 0 Å². The standard InChI is InChI=1S/C21H29NO10/c22-7-11(10-4-2-1-3-5-10)6-12-15(24)18(27)17(26)14(31-12)9-30-21-20(29)19(28)16(25)13(8-23)32-21/h1-5,11-21,23-29H,6,8-9H2/t11-,12+,13-,14-,15+,16+,17+,18-,19+,20+,21-/m0/s1. The van der Waals surface area contributed by atoms with E-state index in [1.165, 1.54) is 0 Å². The van der Waals surface area contributed by atoms with Crippen LogP contribution in [0.15, 0.2) is 30.3 Å². The Bertz CT molecular complexity index is 759. The largest absolute Gasteiger partial charge is 0.394 e. The van der Waals surface area contributed by atoms with Crippen molar-refractivity contribution in [1.29, 1.82) is 5.26 Å². The van der Waals surface area contributed by atoms with E-state index in [0.29, 0.717) is 5.56 Å². The maximum absolute atomic E-state index is 10.4. The van der Waals surface area contributed by atoms with E-state index < -0.39 is 80.4 Å². The first kappa shape index (κ1) is 24.9. The number of nitrogens with zero attached hydrogens (tertiary/aromatic N) is 1. The number of rotatable bonds is 7. The van der Waals surface area contributed by atoms with E-state index >= 15 is 0 Å². The van der Waals surface area contributed by atoms with Crippen molar-refractivity contribution < 1.29 is 50.0 Å². The quantitative estimate of drug-likeness (QED) is 0.227. The third kappa shape index (κ3) is 5.27. The Morgan fingerprint density at radius 1 is 0.812 bits per heavy atom. The lowest BCUT2D eigenvalue weighted by atomic mass is 9.87. The molecular formula is C21H29NO10. The number of hydrogen-bond donors (Lipinski definition) is 7. The summed E-state index contributed by atoms with van der Waals surface area (Å²) >= 11 is 0. The molecule has 2 aliphatic rings. The summed E-state index contributed by atoms with van der Waals surface area (Å²) in [6, 6.07) is 11.0. The van der Waals surface area contributed by atoms with Gasteiger partial charge in [-0.25, -0.2) is 0 Å². The van der Waals surface area contributed by atoms with Crippen LogP contribution >= 0.6 is 0 Å². The van der Waals surface area contributed by atoms with Crippen molar-refractivity contribution in [3.8, 4) is 6.07 Å². The van der Waals surface area contributed by atoms with Gasteiger partial charge in [0.25, 0.3) is 0 Å². The first-order valence-electron chi connectivity index (χ1n) is 10.3. The molecule has 11 atom stereocenters. The van der Waals surface area contributed by atoms with Crippen LogP contribution in [0.4, 0.5) is 0 Å². The van der Waals surface area contributed by atoms with Crippen LogP contribution in [0.1, 0.15) is 17.9 Å². The number of nitriles is 1. The van der Waals surface area contributed by atoms with Gasteiger partial charge in [0, 0.05) is 0 Å². The second kappa shape index (κ2) is 11.0. The molecule has 11 heteroatoms. The van der Waals surface area contributed by atoms with Crippen LogP contribution in [0.2, 0.25) is 0 Å². The summed E-state index contributed by atoms with van der Waals surface area (Å²) in [6.45, 7) is -1.04. The summed E-state index contributed by atoms with van der Waals surface area (Å²) < 4.78 is 16.4. The summed E-state index contributed by atoms with van der Waals surface area (Å²) in [5, 5.41) is 79.5. The smallest absolute Gasteiger partial charge is 0.186 e. The molecule has 2 fully saturated rings. The molecule has 0 spiro atoms. The summed E-state index contributed by atoms with van der Waals surface area (Å²) in [6.07, 6.45) is -14.1. The van der Waals surface area contributed by atoms with Gasteiger partial charge >= 0.3 is 0 Å². The fourth-order valence-electron chi connectivity index (χ4n) is 3.94. The predicted octanol–water partition coefficient (Wildman–Crippen LogP) is -2.65. The number of aliphatic hydroxyl groups is 7. The Hall–Kier alpha value is -1.69. The molecule has 2 heterocycles. The molecule has 178 valence electrons. The Balaban J connectivity index is 1.65. The third-order valence-corrected chi connectivity index (χ3v) is 5.91. The molecule has 2 aliphatic heterocycles. The van der Waals surface area contributed by atoms with Gasteiger partial charge in [-0.2, -0.15) is 5.26 Å². The zero-order valence-electron chi connectivity index (χ0n) is 17.2. The average molecular weight is 455 g/mol. The van der Waals surface area contributed by atoms with Gasteiger partial charge in [-0.15, -0.1) is 0 Å². The van der Waals surface area contributed by atoms with Gasteiger partial charge in [-0.05, 0) is 12.0 Å². The van der Waals surface area contributed by atoms with E-state index in [0.717, 1.165) is 0 Å². The Morgan fingerprint density at radius 2 is 1.41 bits per heavy atom. The van der Waals surface area contributed by atoms with Crippen molar-refractivity contribution in [2.75, 3.05) is 13.2 Å². The van der Waals surface area contributed by atoms with Crippen LogP contribution in [0.25, 0.3) is 0 Å². The molecule has 0 aromatic heterocycles. The van der Waals surface area contributed by atoms with Crippen LogP contribution < -0.4 is 0 Å². The van der Waals surface area contributed by atoms with Gasteiger partial charge in [0.1, 0.15) is 48.8 Å². The van der Waals surface area contributed by atoms with Crippen molar-refractivity contribution in [3.05, 3.63) is 35.9 Å². The topological polar surface area (TPSA) is 193 Å². The second-order valence-corrected chi connectivity index (χ2v) is 8.04. The average Bonchev–Trinajstić information content (AvgIpc) is 2.81. The Kier molecular flexibility index (Phi) is 8.54. The molecule has 0 radical (unpaired) electrons. The number of ether oxygens (including phenoxy) is 3. The summed E-state index contributed by atoms with van der Waals surface area (Å²) in [4.78, 5) is 0. The van der Waals surface area contributed by atoms with Gasteiger partial charge < -0.3 is 50.0 Å². The minimum absolute atomic E-state index is 0.0437. The first-order chi connectivity index (χ1) is 15.3. The van der Waals surface area contributed by atoms with Crippen LogP contribution in [-0.4, -0.2) is 110 Å². The summed E-state index contributed by atoms with van der Waals surface area (Å²) in [5.74, 6) is -0.634. The van der Waals surface area contributed by atoms with Gasteiger partial charge in [-0.3, -0.25) is 0 Å². The van der Waals surface area contributed by atoms with Crippen LogP contribution in [-0.2, 0) is 14.2 Å². The number of hydrogen-bond acceptors (Lipinski definition) is 11. The zero-order valence-corrected chi connectivity index (χ0v) is 17.2. The minimum atomic E-state index is -1.64. The lowest BCUT2D eigenvalue weighted by molar-refractivity contribution is -0.314. The highest BCUT2D eigenvalue weighted by Crippen LogP contribution is 2.30. The second-order valence-electron chi connectivity index (χ2n) is 8.04. The molecule has 32 heavy (non-hydrogen) atoms. The normalized spacial score (nSPS) is 41.1. The molecule has 0 bridgehead atoms. The van der Waals surface area contributed by atoms with Crippen LogP contribution in [0.5, 0.6) is 0 Å². The number of benzene rings is 1. The van der Waals surface area contributed by atoms with Gasteiger partial charge in [0.05, 0.1) is 31.3 Å². The highest BCUT2D eigenvalue weighted by atomic mass is 16.7. The lowest BCUT2D eigenvalue weighted by Crippen LogP contribution is -2.61. The maximum atomic E-state index is 10.4. The van der Waals surface area contributed by atoms with Gasteiger partial charge in [0.15, 0.2) is 6.29 Å². The van der Waals surface area contributed by atoms with Gasteiger partial charge in [-0.1, -0.05) is 30.3 Å². The van der Waals surface area contributed by atoms with Crippen molar-refractivity contribution >= 4 is 0 Å². The predicted molar refractivity (Wildman–Crippen MR) is 106 cm³/mol. The molecule has 1 aromatic carbocycles. The molecule has 3 rings (SSSR count). The molecule has 1 aromatic rings. The van der Waals surface area contributed by atoms with E-state index in [2.05, 4.69) is 6.07 Å². The number of aliphatic hydroxyl groups excluding tert-OH is 7.